The molecule has 0 spiro atoms. The van der Waals surface area contributed by atoms with E-state index in [0.717, 1.165) is 23.3 Å². The molecule has 0 saturated heterocycles. The SMILES string of the molecule is N#CC(NC(=O)c1cc2c(s1)CCCC2)c1ccccc1. The van der Waals surface area contributed by atoms with Crippen LogP contribution in [0.3, 0.4) is 0 Å². The Bertz CT molecular complexity index is 661. The second-order valence-electron chi connectivity index (χ2n) is 5.21. The van der Waals surface area contributed by atoms with Crippen molar-refractivity contribution in [1.29, 1.82) is 5.26 Å². The maximum Gasteiger partial charge on any atom is 0.262 e. The van der Waals surface area contributed by atoms with Crippen LogP contribution in [0.15, 0.2) is 36.4 Å². The maximum atomic E-state index is 12.4. The van der Waals surface area contributed by atoms with Crippen LogP contribution < -0.4 is 5.32 Å². The summed E-state index contributed by atoms with van der Waals surface area (Å²) in [5, 5.41) is 12.1. The summed E-state index contributed by atoms with van der Waals surface area (Å²) in [6.45, 7) is 0. The normalized spacial score (nSPS) is 14.8. The van der Waals surface area contributed by atoms with Gasteiger partial charge in [0.2, 0.25) is 0 Å². The lowest BCUT2D eigenvalue weighted by Crippen LogP contribution is -2.26. The number of nitrogens with zero attached hydrogens (tertiary/aromatic N) is 1. The number of carbonyl (C=O) groups is 1. The molecule has 1 amide bonds. The van der Waals surface area contributed by atoms with Crippen molar-refractivity contribution in [1.82, 2.24) is 5.32 Å². The first kappa shape index (κ1) is 13.8. The van der Waals surface area contributed by atoms with Crippen molar-refractivity contribution in [3.63, 3.8) is 0 Å². The highest BCUT2D eigenvalue weighted by Gasteiger charge is 2.20. The van der Waals surface area contributed by atoms with Gasteiger partial charge >= 0.3 is 0 Å². The van der Waals surface area contributed by atoms with E-state index < -0.39 is 6.04 Å². The lowest BCUT2D eigenvalue weighted by molar-refractivity contribution is 0.0949. The molecule has 106 valence electrons. The van der Waals surface area contributed by atoms with Crippen molar-refractivity contribution in [3.8, 4) is 6.07 Å². The highest BCUT2D eigenvalue weighted by atomic mass is 32.1. The number of hydrogen-bond acceptors (Lipinski definition) is 3. The van der Waals surface area contributed by atoms with Crippen LogP contribution in [0, 0.1) is 11.3 Å². The van der Waals surface area contributed by atoms with Crippen LogP contribution in [0.5, 0.6) is 0 Å². The number of fused-ring (bicyclic) bond motifs is 1. The summed E-state index contributed by atoms with van der Waals surface area (Å²) in [4.78, 5) is 14.4. The molecule has 0 aliphatic heterocycles. The number of nitrogens with one attached hydrogen (secondary N) is 1. The van der Waals surface area contributed by atoms with Gasteiger partial charge in [-0.25, -0.2) is 0 Å². The summed E-state index contributed by atoms with van der Waals surface area (Å²) in [7, 11) is 0. The number of benzene rings is 1. The van der Waals surface area contributed by atoms with E-state index in [4.69, 9.17) is 0 Å². The first-order valence-corrected chi connectivity index (χ1v) is 7.96. The fourth-order valence-electron chi connectivity index (χ4n) is 2.64. The van der Waals surface area contributed by atoms with Crippen molar-refractivity contribution in [2.75, 3.05) is 0 Å². The van der Waals surface area contributed by atoms with Gasteiger partial charge in [0.1, 0.15) is 6.04 Å². The molecule has 0 saturated carbocycles. The summed E-state index contributed by atoms with van der Waals surface area (Å²) in [6.07, 6.45) is 4.56. The molecule has 0 bridgehead atoms. The van der Waals surface area contributed by atoms with Gasteiger partial charge in [-0.3, -0.25) is 4.79 Å². The molecule has 4 heteroatoms. The van der Waals surface area contributed by atoms with Crippen molar-refractivity contribution in [2.24, 2.45) is 0 Å². The number of rotatable bonds is 3. The number of thiophene rings is 1. The van der Waals surface area contributed by atoms with E-state index in [0.29, 0.717) is 0 Å². The molecule has 1 aliphatic rings. The van der Waals surface area contributed by atoms with Crippen LogP contribution in [-0.4, -0.2) is 5.91 Å². The Kier molecular flexibility index (Phi) is 4.03. The van der Waals surface area contributed by atoms with Crippen molar-refractivity contribution in [3.05, 3.63) is 57.3 Å². The van der Waals surface area contributed by atoms with E-state index >= 15 is 0 Å². The first-order chi connectivity index (χ1) is 10.3. The van der Waals surface area contributed by atoms with E-state index in [1.165, 1.54) is 23.3 Å². The Balaban J connectivity index is 1.76. The van der Waals surface area contributed by atoms with Gasteiger partial charge in [0.25, 0.3) is 5.91 Å². The Morgan fingerprint density at radius 1 is 1.24 bits per heavy atom. The number of hydrogen-bond donors (Lipinski definition) is 1. The average Bonchev–Trinajstić information content (AvgIpc) is 2.97. The van der Waals surface area contributed by atoms with Crippen LogP contribution in [0.4, 0.5) is 0 Å². The van der Waals surface area contributed by atoms with Gasteiger partial charge in [-0.2, -0.15) is 5.26 Å². The third-order valence-corrected chi connectivity index (χ3v) is 4.99. The Hall–Kier alpha value is -2.12. The molecule has 1 N–H and O–H groups in total. The molecule has 1 aromatic heterocycles. The summed E-state index contributed by atoms with van der Waals surface area (Å²) >= 11 is 1.57. The van der Waals surface area contributed by atoms with Gasteiger partial charge < -0.3 is 5.32 Å². The Morgan fingerprint density at radius 2 is 2.00 bits per heavy atom. The zero-order chi connectivity index (χ0) is 14.7. The maximum absolute atomic E-state index is 12.4. The third-order valence-electron chi connectivity index (χ3n) is 3.76. The van der Waals surface area contributed by atoms with Crippen LogP contribution in [0.25, 0.3) is 0 Å². The molecule has 0 fully saturated rings. The van der Waals surface area contributed by atoms with Gasteiger partial charge in [0.05, 0.1) is 10.9 Å². The van der Waals surface area contributed by atoms with Crippen LogP contribution >= 0.6 is 11.3 Å². The second-order valence-corrected chi connectivity index (χ2v) is 6.35. The summed E-state index contributed by atoms with van der Waals surface area (Å²) < 4.78 is 0. The predicted molar refractivity (Wildman–Crippen MR) is 83.2 cm³/mol. The van der Waals surface area contributed by atoms with E-state index in [-0.39, 0.29) is 5.91 Å². The molecular weight excluding hydrogens is 280 g/mol. The minimum atomic E-state index is -0.599. The predicted octanol–water partition coefficient (Wildman–Crippen LogP) is 3.62. The molecule has 2 aromatic rings. The smallest absolute Gasteiger partial charge is 0.262 e. The quantitative estimate of drug-likeness (QED) is 0.940. The van der Waals surface area contributed by atoms with Crippen molar-refractivity contribution in [2.45, 2.75) is 31.7 Å². The van der Waals surface area contributed by atoms with E-state index in [1.54, 1.807) is 11.3 Å². The summed E-state index contributed by atoms with van der Waals surface area (Å²) in [5.41, 5.74) is 2.12. The Morgan fingerprint density at radius 3 is 2.71 bits per heavy atom. The molecule has 1 aliphatic carbocycles. The number of aryl methyl sites for hydroxylation is 2. The third kappa shape index (κ3) is 2.98. The molecule has 1 atom stereocenters. The molecule has 1 aromatic carbocycles. The lowest BCUT2D eigenvalue weighted by atomic mass is 9.99. The zero-order valence-corrected chi connectivity index (χ0v) is 12.5. The lowest BCUT2D eigenvalue weighted by Gasteiger charge is -2.10. The van der Waals surface area contributed by atoms with E-state index in [1.807, 2.05) is 36.4 Å². The Labute approximate surface area is 128 Å². The highest BCUT2D eigenvalue weighted by molar-refractivity contribution is 7.14. The summed E-state index contributed by atoms with van der Waals surface area (Å²) in [5.74, 6) is -0.148. The molecule has 3 nitrogen and oxygen atoms in total. The molecule has 0 radical (unpaired) electrons. The second kappa shape index (κ2) is 6.11. The van der Waals surface area contributed by atoms with Crippen LogP contribution in [0.1, 0.15) is 44.6 Å². The van der Waals surface area contributed by atoms with Gasteiger partial charge in [-0.15, -0.1) is 11.3 Å². The molecule has 3 rings (SSSR count). The highest BCUT2D eigenvalue weighted by Crippen LogP contribution is 2.29. The topological polar surface area (TPSA) is 52.9 Å². The minimum Gasteiger partial charge on any atom is -0.332 e. The standard InChI is InChI=1S/C17H16N2OS/c18-11-14(12-6-2-1-3-7-12)19-17(20)16-10-13-8-4-5-9-15(13)21-16/h1-3,6-7,10,14H,4-5,8-9H2,(H,19,20). The first-order valence-electron chi connectivity index (χ1n) is 7.15. The minimum absolute atomic E-state index is 0.148. The van der Waals surface area contributed by atoms with E-state index in [2.05, 4.69) is 11.4 Å². The van der Waals surface area contributed by atoms with Crippen molar-refractivity contribution >= 4 is 17.2 Å². The van der Waals surface area contributed by atoms with Gasteiger partial charge in [-0.1, -0.05) is 30.3 Å². The van der Waals surface area contributed by atoms with Gasteiger partial charge in [0.15, 0.2) is 0 Å². The number of nitriles is 1. The van der Waals surface area contributed by atoms with Crippen molar-refractivity contribution < 1.29 is 4.79 Å². The molecule has 1 heterocycles. The average molecular weight is 296 g/mol. The fourth-order valence-corrected chi connectivity index (χ4v) is 3.80. The number of amides is 1. The molecule has 1 unspecified atom stereocenters. The monoisotopic (exact) mass is 296 g/mol. The van der Waals surface area contributed by atoms with Crippen LogP contribution in [0.2, 0.25) is 0 Å². The van der Waals surface area contributed by atoms with E-state index in [9.17, 15) is 10.1 Å². The zero-order valence-electron chi connectivity index (χ0n) is 11.6. The largest absolute Gasteiger partial charge is 0.332 e. The number of carbonyl (C=O) groups excluding carboxylic acids is 1. The van der Waals surface area contributed by atoms with Crippen LogP contribution in [-0.2, 0) is 12.8 Å². The van der Waals surface area contributed by atoms with Gasteiger partial charge in [0, 0.05) is 4.88 Å². The fraction of sp³-hybridized carbons (Fsp3) is 0.294. The summed E-state index contributed by atoms with van der Waals surface area (Å²) in [6, 6.07) is 12.9. The van der Waals surface area contributed by atoms with Gasteiger partial charge in [-0.05, 0) is 42.9 Å². The molecular formula is C17H16N2OS. The molecule has 21 heavy (non-hydrogen) atoms.